The van der Waals surface area contributed by atoms with Gasteiger partial charge in [0.15, 0.2) is 6.61 Å². The molecule has 2 atom stereocenters. The third-order valence-electron chi connectivity index (χ3n) is 3.43. The molecule has 1 heterocycles. The van der Waals surface area contributed by atoms with Crippen molar-refractivity contribution in [2.45, 2.75) is 59.0 Å². The molecule has 1 amide bonds. The van der Waals surface area contributed by atoms with Crippen molar-refractivity contribution >= 4 is 5.91 Å². The molecule has 5 nitrogen and oxygen atoms in total. The minimum atomic E-state index is -0.115. The molecule has 1 aromatic heterocycles. The lowest BCUT2D eigenvalue weighted by molar-refractivity contribution is -0.123. The first kappa shape index (κ1) is 17.4. The highest BCUT2D eigenvalue weighted by Crippen LogP contribution is 2.18. The Bertz CT molecular complexity index is 463. The van der Waals surface area contributed by atoms with E-state index in [-0.39, 0.29) is 24.6 Å². The quantitative estimate of drug-likeness (QED) is 0.768. The van der Waals surface area contributed by atoms with E-state index in [1.807, 2.05) is 39.8 Å². The highest BCUT2D eigenvalue weighted by molar-refractivity contribution is 5.77. The van der Waals surface area contributed by atoms with Gasteiger partial charge >= 0.3 is 0 Å². The summed E-state index contributed by atoms with van der Waals surface area (Å²) in [6, 6.07) is 3.94. The topological polar surface area (TPSA) is 77.2 Å². The molecule has 1 aromatic rings. The summed E-state index contributed by atoms with van der Waals surface area (Å²) >= 11 is 0. The maximum absolute atomic E-state index is 11.8. The number of carbonyl (C=O) groups is 1. The molecule has 0 bridgehead atoms. The lowest BCUT2D eigenvalue weighted by Gasteiger charge is -2.15. The van der Waals surface area contributed by atoms with Crippen LogP contribution in [0.4, 0.5) is 0 Å². The Morgan fingerprint density at radius 2 is 2.10 bits per heavy atom. The Labute approximate surface area is 127 Å². The number of nitrogens with zero attached hydrogens (tertiary/aromatic N) is 1. The molecule has 0 aliphatic rings. The number of nitrogens with one attached hydrogen (secondary N) is 1. The monoisotopic (exact) mass is 293 g/mol. The van der Waals surface area contributed by atoms with E-state index in [0.717, 1.165) is 24.2 Å². The molecule has 1 rings (SSSR count). The number of ether oxygens (including phenoxy) is 1. The van der Waals surface area contributed by atoms with Crippen LogP contribution in [0.1, 0.15) is 45.0 Å². The van der Waals surface area contributed by atoms with Crippen LogP contribution >= 0.6 is 0 Å². The van der Waals surface area contributed by atoms with Crippen molar-refractivity contribution in [3.63, 3.8) is 0 Å². The molecule has 0 fully saturated rings. The molecule has 21 heavy (non-hydrogen) atoms. The molecule has 3 N–H and O–H groups in total. The number of amides is 1. The van der Waals surface area contributed by atoms with Gasteiger partial charge in [-0.1, -0.05) is 13.8 Å². The van der Waals surface area contributed by atoms with Gasteiger partial charge < -0.3 is 15.8 Å². The van der Waals surface area contributed by atoms with Crippen LogP contribution in [0.25, 0.3) is 0 Å². The zero-order chi connectivity index (χ0) is 15.8. The summed E-state index contributed by atoms with van der Waals surface area (Å²) in [6.07, 6.45) is 2.43. The molecule has 5 heteroatoms. The SMILES string of the molecule is CCC(N)Cc1nc(C)ccc1OCC(=O)NC(C)CC. The van der Waals surface area contributed by atoms with E-state index in [0.29, 0.717) is 12.2 Å². The highest BCUT2D eigenvalue weighted by atomic mass is 16.5. The normalized spacial score (nSPS) is 13.6. The average molecular weight is 293 g/mol. The first-order valence-corrected chi connectivity index (χ1v) is 7.60. The number of aromatic nitrogens is 1. The third kappa shape index (κ3) is 6.12. The molecule has 0 aliphatic carbocycles. The Kier molecular flexibility index (Phi) is 7.15. The van der Waals surface area contributed by atoms with Crippen molar-refractivity contribution in [1.29, 1.82) is 0 Å². The number of nitrogens with two attached hydrogens (primary N) is 1. The summed E-state index contributed by atoms with van der Waals surface area (Å²) in [4.78, 5) is 16.2. The van der Waals surface area contributed by atoms with Gasteiger partial charge in [0.1, 0.15) is 5.75 Å². The Balaban J connectivity index is 2.67. The lowest BCUT2D eigenvalue weighted by Crippen LogP contribution is -2.35. The number of hydrogen-bond donors (Lipinski definition) is 2. The molecule has 0 saturated carbocycles. The van der Waals surface area contributed by atoms with Gasteiger partial charge in [-0.25, -0.2) is 0 Å². The fourth-order valence-corrected chi connectivity index (χ4v) is 1.83. The number of hydrogen-bond acceptors (Lipinski definition) is 4. The van der Waals surface area contributed by atoms with E-state index in [2.05, 4.69) is 10.3 Å². The van der Waals surface area contributed by atoms with E-state index in [1.165, 1.54) is 0 Å². The smallest absolute Gasteiger partial charge is 0.258 e. The second-order valence-electron chi connectivity index (χ2n) is 5.44. The summed E-state index contributed by atoms with van der Waals surface area (Å²) in [5.74, 6) is 0.527. The number of rotatable bonds is 8. The molecule has 0 spiro atoms. The number of carbonyl (C=O) groups excluding carboxylic acids is 1. The maximum atomic E-state index is 11.8. The van der Waals surface area contributed by atoms with Gasteiger partial charge in [0, 0.05) is 24.2 Å². The van der Waals surface area contributed by atoms with Crippen molar-refractivity contribution in [3.05, 3.63) is 23.5 Å². The van der Waals surface area contributed by atoms with Crippen molar-refractivity contribution < 1.29 is 9.53 Å². The standard InChI is InChI=1S/C16H27N3O2/c1-5-11(3)19-16(20)10-21-15-8-7-12(4)18-14(15)9-13(17)6-2/h7-8,11,13H,5-6,9-10,17H2,1-4H3,(H,19,20). The van der Waals surface area contributed by atoms with Crippen LogP contribution in [0.2, 0.25) is 0 Å². The van der Waals surface area contributed by atoms with Gasteiger partial charge in [-0.15, -0.1) is 0 Å². The van der Waals surface area contributed by atoms with Crippen molar-refractivity contribution in [2.24, 2.45) is 5.73 Å². The van der Waals surface area contributed by atoms with E-state index in [1.54, 1.807) is 0 Å². The lowest BCUT2D eigenvalue weighted by atomic mass is 10.1. The number of pyridine rings is 1. The largest absolute Gasteiger partial charge is 0.482 e. The van der Waals surface area contributed by atoms with Crippen LogP contribution in [-0.2, 0) is 11.2 Å². The molecule has 0 aromatic carbocycles. The zero-order valence-corrected chi connectivity index (χ0v) is 13.5. The summed E-state index contributed by atoms with van der Waals surface area (Å²) < 4.78 is 5.61. The average Bonchev–Trinajstić information content (AvgIpc) is 2.46. The predicted octanol–water partition coefficient (Wildman–Crippen LogP) is 1.96. The third-order valence-corrected chi connectivity index (χ3v) is 3.43. The van der Waals surface area contributed by atoms with Crippen LogP contribution in [0, 0.1) is 6.92 Å². The molecule has 0 aliphatic heterocycles. The summed E-state index contributed by atoms with van der Waals surface area (Å²) in [5.41, 5.74) is 7.73. The Morgan fingerprint density at radius 1 is 1.38 bits per heavy atom. The van der Waals surface area contributed by atoms with Gasteiger partial charge in [0.2, 0.25) is 0 Å². The van der Waals surface area contributed by atoms with Crippen molar-refractivity contribution in [3.8, 4) is 5.75 Å². The number of aryl methyl sites for hydroxylation is 1. The maximum Gasteiger partial charge on any atom is 0.258 e. The first-order valence-electron chi connectivity index (χ1n) is 7.60. The molecular weight excluding hydrogens is 266 g/mol. The zero-order valence-electron chi connectivity index (χ0n) is 13.5. The van der Waals surface area contributed by atoms with Gasteiger partial charge in [0.25, 0.3) is 5.91 Å². The van der Waals surface area contributed by atoms with Gasteiger partial charge in [-0.05, 0) is 38.8 Å². The van der Waals surface area contributed by atoms with Crippen LogP contribution in [-0.4, -0.2) is 29.6 Å². The highest BCUT2D eigenvalue weighted by Gasteiger charge is 2.12. The van der Waals surface area contributed by atoms with Crippen LogP contribution in [0.15, 0.2) is 12.1 Å². The summed E-state index contributed by atoms with van der Waals surface area (Å²) in [5, 5.41) is 2.87. The van der Waals surface area contributed by atoms with Crippen LogP contribution in [0.3, 0.4) is 0 Å². The summed E-state index contributed by atoms with van der Waals surface area (Å²) in [6.45, 7) is 7.97. The molecule has 2 unspecified atom stereocenters. The van der Waals surface area contributed by atoms with E-state index >= 15 is 0 Å². The van der Waals surface area contributed by atoms with Crippen molar-refractivity contribution in [2.75, 3.05) is 6.61 Å². The second-order valence-corrected chi connectivity index (χ2v) is 5.44. The fraction of sp³-hybridized carbons (Fsp3) is 0.625. The fourth-order valence-electron chi connectivity index (χ4n) is 1.83. The van der Waals surface area contributed by atoms with Crippen molar-refractivity contribution in [1.82, 2.24) is 10.3 Å². The van der Waals surface area contributed by atoms with Gasteiger partial charge in [-0.2, -0.15) is 0 Å². The van der Waals surface area contributed by atoms with Crippen LogP contribution in [0.5, 0.6) is 5.75 Å². The van der Waals surface area contributed by atoms with E-state index in [4.69, 9.17) is 10.5 Å². The molecule has 118 valence electrons. The van der Waals surface area contributed by atoms with Gasteiger partial charge in [0.05, 0.1) is 5.69 Å². The van der Waals surface area contributed by atoms with E-state index in [9.17, 15) is 4.79 Å². The minimum absolute atomic E-state index is 0.00342. The minimum Gasteiger partial charge on any atom is -0.482 e. The van der Waals surface area contributed by atoms with E-state index < -0.39 is 0 Å². The predicted molar refractivity (Wildman–Crippen MR) is 84.3 cm³/mol. The Morgan fingerprint density at radius 3 is 2.71 bits per heavy atom. The second kappa shape index (κ2) is 8.62. The molecule has 0 saturated heterocycles. The Hall–Kier alpha value is -1.62. The van der Waals surface area contributed by atoms with Crippen LogP contribution < -0.4 is 15.8 Å². The molecular formula is C16H27N3O2. The summed E-state index contributed by atoms with van der Waals surface area (Å²) in [7, 11) is 0. The molecule has 0 radical (unpaired) electrons. The van der Waals surface area contributed by atoms with Gasteiger partial charge in [-0.3, -0.25) is 9.78 Å². The first-order chi connectivity index (χ1) is 9.96.